The lowest BCUT2D eigenvalue weighted by Gasteiger charge is -2.24. The van der Waals surface area contributed by atoms with Crippen molar-refractivity contribution >= 4 is 11.6 Å². The number of anilines is 1. The van der Waals surface area contributed by atoms with Crippen LogP contribution in [0.4, 0.5) is 10.1 Å². The van der Waals surface area contributed by atoms with Crippen LogP contribution in [-0.2, 0) is 11.3 Å². The summed E-state index contributed by atoms with van der Waals surface area (Å²) < 4.78 is 13.9. The summed E-state index contributed by atoms with van der Waals surface area (Å²) in [5.74, 6) is -0.386. The van der Waals surface area contributed by atoms with E-state index in [0.29, 0.717) is 12.1 Å². The first-order chi connectivity index (χ1) is 13.1. The Morgan fingerprint density at radius 3 is 2.33 bits per heavy atom. The van der Waals surface area contributed by atoms with Crippen molar-refractivity contribution in [3.8, 4) is 11.1 Å². The fraction of sp³-hybridized carbons (Fsp3) is 0.174. The van der Waals surface area contributed by atoms with Gasteiger partial charge in [-0.25, -0.2) is 4.39 Å². The quantitative estimate of drug-likeness (QED) is 0.673. The zero-order valence-electron chi connectivity index (χ0n) is 15.5. The molecule has 0 aliphatic rings. The molecule has 0 heterocycles. The SMILES string of the molecule is C[C@H](C(=O)Nc1ccccc1-c1ccccc1)N(C)Cc1ccccc1F. The number of halogens is 1. The number of hydrogen-bond acceptors (Lipinski definition) is 2. The van der Waals surface area contributed by atoms with Gasteiger partial charge in [0.05, 0.1) is 6.04 Å². The molecule has 1 atom stereocenters. The lowest BCUT2D eigenvalue weighted by atomic mass is 10.0. The molecule has 3 aromatic rings. The summed E-state index contributed by atoms with van der Waals surface area (Å²) in [7, 11) is 1.82. The molecule has 1 N–H and O–H groups in total. The highest BCUT2D eigenvalue weighted by atomic mass is 19.1. The average Bonchev–Trinajstić information content (AvgIpc) is 2.70. The molecular weight excluding hydrogens is 339 g/mol. The summed E-state index contributed by atoms with van der Waals surface area (Å²) in [6, 6.07) is 23.9. The Kier molecular flexibility index (Phi) is 5.99. The highest BCUT2D eigenvalue weighted by Crippen LogP contribution is 2.27. The largest absolute Gasteiger partial charge is 0.324 e. The second-order valence-corrected chi connectivity index (χ2v) is 6.58. The highest BCUT2D eigenvalue weighted by Gasteiger charge is 2.20. The number of amides is 1. The molecule has 0 bridgehead atoms. The Bertz CT molecular complexity index is 911. The van der Waals surface area contributed by atoms with Gasteiger partial charge in [-0.15, -0.1) is 0 Å². The van der Waals surface area contributed by atoms with Crippen molar-refractivity contribution in [3.63, 3.8) is 0 Å². The van der Waals surface area contributed by atoms with Crippen LogP contribution in [0.3, 0.4) is 0 Å². The molecule has 0 aliphatic carbocycles. The van der Waals surface area contributed by atoms with Crippen LogP contribution in [0.25, 0.3) is 11.1 Å². The Labute approximate surface area is 159 Å². The van der Waals surface area contributed by atoms with E-state index in [4.69, 9.17) is 0 Å². The molecule has 3 aromatic carbocycles. The van der Waals surface area contributed by atoms with Crippen molar-refractivity contribution in [2.45, 2.75) is 19.5 Å². The Morgan fingerprint density at radius 2 is 1.59 bits per heavy atom. The van der Waals surface area contributed by atoms with Crippen LogP contribution in [0.1, 0.15) is 12.5 Å². The number of rotatable bonds is 6. The van der Waals surface area contributed by atoms with Gasteiger partial charge in [0.2, 0.25) is 5.91 Å². The molecule has 0 saturated carbocycles. The summed E-state index contributed by atoms with van der Waals surface area (Å²) in [4.78, 5) is 14.6. The fourth-order valence-corrected chi connectivity index (χ4v) is 2.93. The van der Waals surface area contributed by atoms with Gasteiger partial charge in [0, 0.05) is 23.4 Å². The van der Waals surface area contributed by atoms with Crippen LogP contribution in [0.2, 0.25) is 0 Å². The third-order valence-corrected chi connectivity index (χ3v) is 4.69. The minimum atomic E-state index is -0.409. The molecule has 4 heteroatoms. The van der Waals surface area contributed by atoms with Gasteiger partial charge in [-0.3, -0.25) is 9.69 Å². The number of para-hydroxylation sites is 1. The van der Waals surface area contributed by atoms with Gasteiger partial charge in [-0.2, -0.15) is 0 Å². The third-order valence-electron chi connectivity index (χ3n) is 4.69. The first kappa shape index (κ1) is 18.8. The minimum absolute atomic E-state index is 0.128. The number of hydrogen-bond donors (Lipinski definition) is 1. The van der Waals surface area contributed by atoms with Crippen LogP contribution >= 0.6 is 0 Å². The van der Waals surface area contributed by atoms with Crippen LogP contribution < -0.4 is 5.32 Å². The van der Waals surface area contributed by atoms with Gasteiger partial charge < -0.3 is 5.32 Å². The summed E-state index contributed by atoms with van der Waals surface area (Å²) in [6.45, 7) is 2.18. The van der Waals surface area contributed by atoms with E-state index in [1.807, 2.05) is 73.5 Å². The van der Waals surface area contributed by atoms with Gasteiger partial charge in [-0.1, -0.05) is 66.7 Å². The summed E-state index contributed by atoms with van der Waals surface area (Å²) in [6.07, 6.45) is 0. The standard InChI is InChI=1S/C23H23FN2O/c1-17(26(2)16-19-12-6-8-14-21(19)24)23(27)25-22-15-9-7-13-20(22)18-10-4-3-5-11-18/h3-15,17H,16H2,1-2H3,(H,25,27)/t17-/m1/s1. The summed E-state index contributed by atoms with van der Waals surface area (Å²) >= 11 is 0. The molecule has 0 radical (unpaired) electrons. The topological polar surface area (TPSA) is 32.3 Å². The van der Waals surface area contributed by atoms with E-state index in [0.717, 1.165) is 16.8 Å². The lowest BCUT2D eigenvalue weighted by Crippen LogP contribution is -2.39. The van der Waals surface area contributed by atoms with E-state index >= 15 is 0 Å². The van der Waals surface area contributed by atoms with Gasteiger partial charge in [-0.05, 0) is 31.7 Å². The highest BCUT2D eigenvalue weighted by molar-refractivity contribution is 5.98. The van der Waals surface area contributed by atoms with Crippen LogP contribution in [0.15, 0.2) is 78.9 Å². The molecule has 3 nitrogen and oxygen atoms in total. The van der Waals surface area contributed by atoms with Crippen LogP contribution in [0, 0.1) is 5.82 Å². The molecule has 0 spiro atoms. The lowest BCUT2D eigenvalue weighted by molar-refractivity contribution is -0.120. The summed E-state index contributed by atoms with van der Waals surface area (Å²) in [5.41, 5.74) is 3.35. The number of likely N-dealkylation sites (N-methyl/N-ethyl adjacent to an activating group) is 1. The average molecular weight is 362 g/mol. The normalized spacial score (nSPS) is 12.0. The van der Waals surface area contributed by atoms with Gasteiger partial charge >= 0.3 is 0 Å². The molecule has 1 amide bonds. The molecule has 0 aromatic heterocycles. The van der Waals surface area contributed by atoms with E-state index in [9.17, 15) is 9.18 Å². The number of benzene rings is 3. The first-order valence-corrected chi connectivity index (χ1v) is 8.95. The molecule has 27 heavy (non-hydrogen) atoms. The molecule has 0 fully saturated rings. The second-order valence-electron chi connectivity index (χ2n) is 6.58. The number of carbonyl (C=O) groups excluding carboxylic acids is 1. The monoisotopic (exact) mass is 362 g/mol. The maximum atomic E-state index is 13.9. The van der Waals surface area contributed by atoms with Crippen molar-refractivity contribution in [1.29, 1.82) is 0 Å². The number of nitrogens with one attached hydrogen (secondary N) is 1. The Balaban J connectivity index is 1.73. The molecule has 0 saturated heterocycles. The molecular formula is C23H23FN2O. The fourth-order valence-electron chi connectivity index (χ4n) is 2.93. The predicted molar refractivity (Wildman–Crippen MR) is 108 cm³/mol. The Hall–Kier alpha value is -2.98. The molecule has 3 rings (SSSR count). The zero-order valence-corrected chi connectivity index (χ0v) is 15.5. The molecule has 0 aliphatic heterocycles. The molecule has 138 valence electrons. The predicted octanol–water partition coefficient (Wildman–Crippen LogP) is 4.95. The molecule has 0 unspecified atom stereocenters. The van der Waals surface area contributed by atoms with E-state index in [1.165, 1.54) is 6.07 Å². The maximum absolute atomic E-state index is 13.9. The van der Waals surface area contributed by atoms with Gasteiger partial charge in [0.15, 0.2) is 0 Å². The first-order valence-electron chi connectivity index (χ1n) is 8.95. The van der Waals surface area contributed by atoms with Crippen molar-refractivity contribution in [3.05, 3.63) is 90.2 Å². The van der Waals surface area contributed by atoms with Crippen LogP contribution in [-0.4, -0.2) is 23.9 Å². The number of nitrogens with zero attached hydrogens (tertiary/aromatic N) is 1. The van der Waals surface area contributed by atoms with E-state index in [-0.39, 0.29) is 11.7 Å². The number of carbonyl (C=O) groups is 1. The Morgan fingerprint density at radius 1 is 0.963 bits per heavy atom. The van der Waals surface area contributed by atoms with E-state index in [2.05, 4.69) is 5.32 Å². The van der Waals surface area contributed by atoms with E-state index < -0.39 is 6.04 Å². The third kappa shape index (κ3) is 4.60. The minimum Gasteiger partial charge on any atom is -0.324 e. The van der Waals surface area contributed by atoms with Gasteiger partial charge in [0.25, 0.3) is 0 Å². The van der Waals surface area contributed by atoms with Crippen LogP contribution in [0.5, 0.6) is 0 Å². The van der Waals surface area contributed by atoms with E-state index in [1.54, 1.807) is 18.2 Å². The smallest absolute Gasteiger partial charge is 0.241 e. The van der Waals surface area contributed by atoms with Crippen molar-refractivity contribution in [2.75, 3.05) is 12.4 Å². The van der Waals surface area contributed by atoms with Gasteiger partial charge in [0.1, 0.15) is 5.82 Å². The zero-order chi connectivity index (χ0) is 19.2. The van der Waals surface area contributed by atoms with Crippen molar-refractivity contribution in [2.24, 2.45) is 0 Å². The summed E-state index contributed by atoms with van der Waals surface area (Å²) in [5, 5.41) is 3.02. The van der Waals surface area contributed by atoms with Crippen molar-refractivity contribution < 1.29 is 9.18 Å². The second kappa shape index (κ2) is 8.60. The van der Waals surface area contributed by atoms with Crippen molar-refractivity contribution in [1.82, 2.24) is 4.90 Å². The maximum Gasteiger partial charge on any atom is 0.241 e.